The molecule has 23 heavy (non-hydrogen) atoms. The van der Waals surface area contributed by atoms with Crippen molar-refractivity contribution in [2.75, 3.05) is 6.54 Å². The van der Waals surface area contributed by atoms with Crippen molar-refractivity contribution < 1.29 is 9.90 Å². The third kappa shape index (κ3) is 3.19. The first-order valence-corrected chi connectivity index (χ1v) is 7.28. The highest BCUT2D eigenvalue weighted by molar-refractivity contribution is 5.97. The molecule has 1 heterocycles. The minimum absolute atomic E-state index is 0.206. The van der Waals surface area contributed by atoms with Crippen LogP contribution in [0.1, 0.15) is 38.1 Å². The predicted molar refractivity (Wildman–Crippen MR) is 89.0 cm³/mol. The monoisotopic (exact) mass is 315 g/mol. The number of nitrogens with zero attached hydrogens (tertiary/aromatic N) is 3. The number of pyridine rings is 1. The van der Waals surface area contributed by atoms with Gasteiger partial charge >= 0.3 is 0 Å². The zero-order valence-corrected chi connectivity index (χ0v) is 14.0. The lowest BCUT2D eigenvalue weighted by atomic mass is 10.1. The van der Waals surface area contributed by atoms with Crippen molar-refractivity contribution in [2.45, 2.75) is 27.7 Å². The van der Waals surface area contributed by atoms with Crippen LogP contribution in [0, 0.1) is 11.3 Å². The average Bonchev–Trinajstić information content (AvgIpc) is 2.54. The fraction of sp³-hybridized carbons (Fsp3) is 0.353. The average molecular weight is 315 g/mol. The normalized spacial score (nSPS) is 13.1. The van der Waals surface area contributed by atoms with Gasteiger partial charge in [-0.05, 0) is 27.7 Å². The van der Waals surface area contributed by atoms with Crippen molar-refractivity contribution in [2.24, 2.45) is 7.05 Å². The molecule has 0 spiro atoms. The Morgan fingerprint density at radius 3 is 2.48 bits per heavy atom. The van der Waals surface area contributed by atoms with Crippen molar-refractivity contribution in [1.82, 2.24) is 9.47 Å². The largest absolute Gasteiger partial charge is 0.506 e. The topological polar surface area (TPSA) is 86.3 Å². The molecule has 0 atom stereocenters. The van der Waals surface area contributed by atoms with Crippen LogP contribution in [-0.4, -0.2) is 27.0 Å². The molecule has 6 nitrogen and oxygen atoms in total. The summed E-state index contributed by atoms with van der Waals surface area (Å²) in [7, 11) is 1.51. The molecule has 1 aromatic heterocycles. The quantitative estimate of drug-likeness (QED) is 0.884. The summed E-state index contributed by atoms with van der Waals surface area (Å²) in [5.74, 6) is -1.05. The number of rotatable bonds is 3. The van der Waals surface area contributed by atoms with Crippen LogP contribution in [0.25, 0.3) is 11.6 Å². The summed E-state index contributed by atoms with van der Waals surface area (Å²) < 4.78 is 1.27. The first-order chi connectivity index (χ1) is 10.8. The first-order valence-electron chi connectivity index (χ1n) is 7.28. The minimum Gasteiger partial charge on any atom is -0.506 e. The van der Waals surface area contributed by atoms with Gasteiger partial charge in [0.25, 0.3) is 11.5 Å². The molecule has 0 bridgehead atoms. The van der Waals surface area contributed by atoms with Crippen molar-refractivity contribution in [3.8, 4) is 11.8 Å². The molecular weight excluding hydrogens is 294 g/mol. The summed E-state index contributed by atoms with van der Waals surface area (Å²) >= 11 is 0. The molecule has 0 aromatic carbocycles. The smallest absolute Gasteiger partial charge is 0.267 e. The van der Waals surface area contributed by atoms with Gasteiger partial charge in [-0.3, -0.25) is 9.59 Å². The molecule has 0 radical (unpaired) electrons. The fourth-order valence-electron chi connectivity index (χ4n) is 2.39. The molecule has 1 amide bonds. The number of nitriles is 1. The Bertz CT molecular complexity index is 870. The van der Waals surface area contributed by atoms with Gasteiger partial charge in [0.1, 0.15) is 11.3 Å². The van der Waals surface area contributed by atoms with Gasteiger partial charge in [-0.2, -0.15) is 5.26 Å². The molecule has 1 aromatic rings. The van der Waals surface area contributed by atoms with Crippen LogP contribution in [-0.2, 0) is 7.05 Å². The standard InChI is InChI=1S/C17H21N3O3/c1-6-9-20(8-3)17(23)14-15(21)13(11(4)10-18)12(7-2)19(5)16(14)22/h6-7,9,21H,8H2,1-5H3/b9-6+,12-7+,13-11-. The first kappa shape index (κ1) is 18.2. The van der Waals surface area contributed by atoms with Gasteiger partial charge in [-0.25, -0.2) is 0 Å². The number of aromatic nitrogens is 1. The van der Waals surface area contributed by atoms with Crippen LogP contribution in [0.4, 0.5) is 0 Å². The minimum atomic E-state index is -0.599. The lowest BCUT2D eigenvalue weighted by Gasteiger charge is -2.17. The van der Waals surface area contributed by atoms with E-state index >= 15 is 0 Å². The van der Waals surface area contributed by atoms with Crippen LogP contribution in [0.15, 0.2) is 17.1 Å². The third-order valence-electron chi connectivity index (χ3n) is 3.57. The second-order valence-corrected chi connectivity index (χ2v) is 4.95. The lowest BCUT2D eigenvalue weighted by Crippen LogP contribution is -2.46. The fourth-order valence-corrected chi connectivity index (χ4v) is 2.39. The highest BCUT2D eigenvalue weighted by Gasteiger charge is 2.23. The van der Waals surface area contributed by atoms with Gasteiger partial charge < -0.3 is 14.6 Å². The van der Waals surface area contributed by atoms with Crippen molar-refractivity contribution >= 4 is 17.6 Å². The molecule has 0 aliphatic rings. The van der Waals surface area contributed by atoms with E-state index in [1.54, 1.807) is 39.1 Å². The van der Waals surface area contributed by atoms with Gasteiger partial charge in [-0.15, -0.1) is 0 Å². The Hall–Kier alpha value is -2.81. The zero-order chi connectivity index (χ0) is 17.7. The van der Waals surface area contributed by atoms with Gasteiger partial charge in [0.15, 0.2) is 0 Å². The number of carbonyl (C=O) groups excluding carboxylic acids is 1. The second kappa shape index (κ2) is 7.45. The number of hydrogen-bond donors (Lipinski definition) is 1. The van der Waals surface area contributed by atoms with E-state index in [9.17, 15) is 14.7 Å². The summed E-state index contributed by atoms with van der Waals surface area (Å²) in [6, 6.07) is 1.96. The van der Waals surface area contributed by atoms with E-state index in [0.29, 0.717) is 11.9 Å². The molecule has 1 N–H and O–H groups in total. The van der Waals surface area contributed by atoms with Crippen molar-refractivity contribution in [3.05, 3.63) is 38.8 Å². The summed E-state index contributed by atoms with van der Waals surface area (Å²) in [5, 5.41) is 20.3. The van der Waals surface area contributed by atoms with Crippen LogP contribution in [0.2, 0.25) is 0 Å². The maximum Gasteiger partial charge on any atom is 0.267 e. The predicted octanol–water partition coefficient (Wildman–Crippen LogP) is 0.581. The van der Waals surface area contributed by atoms with Gasteiger partial charge in [0.2, 0.25) is 0 Å². The van der Waals surface area contributed by atoms with E-state index in [0.717, 1.165) is 0 Å². The molecular formula is C17H21N3O3. The van der Waals surface area contributed by atoms with Gasteiger partial charge in [0.05, 0.1) is 16.6 Å². The van der Waals surface area contributed by atoms with E-state index in [2.05, 4.69) is 0 Å². The van der Waals surface area contributed by atoms with Crippen LogP contribution in [0.3, 0.4) is 0 Å². The maximum atomic E-state index is 12.6. The Kier molecular flexibility index (Phi) is 5.91. The van der Waals surface area contributed by atoms with Crippen LogP contribution < -0.4 is 16.1 Å². The SMILES string of the molecule is C/C=C/N(CC)C(=O)c1c(O)c(=C(/C)C#N)/c(=C\C)n(C)c1=O. The molecule has 122 valence electrons. The van der Waals surface area contributed by atoms with Crippen LogP contribution >= 0.6 is 0 Å². The van der Waals surface area contributed by atoms with E-state index in [1.165, 1.54) is 23.4 Å². The summed E-state index contributed by atoms with van der Waals surface area (Å²) in [6.07, 6.45) is 4.83. The molecule has 6 heteroatoms. The highest BCUT2D eigenvalue weighted by Crippen LogP contribution is 2.10. The summed E-state index contributed by atoms with van der Waals surface area (Å²) in [5.41, 5.74) is -0.699. The Morgan fingerprint density at radius 2 is 2.04 bits per heavy atom. The molecule has 0 saturated heterocycles. The molecule has 0 aliphatic heterocycles. The van der Waals surface area contributed by atoms with Crippen molar-refractivity contribution in [3.63, 3.8) is 0 Å². The molecule has 0 unspecified atom stereocenters. The Balaban J connectivity index is 4.01. The van der Waals surface area contributed by atoms with Crippen LogP contribution in [0.5, 0.6) is 5.75 Å². The number of aromatic hydroxyl groups is 1. The van der Waals surface area contributed by atoms with E-state index < -0.39 is 17.2 Å². The number of hydrogen-bond acceptors (Lipinski definition) is 4. The maximum absolute atomic E-state index is 12.6. The molecule has 0 saturated carbocycles. The van der Waals surface area contributed by atoms with E-state index in [4.69, 9.17) is 5.26 Å². The Morgan fingerprint density at radius 1 is 1.43 bits per heavy atom. The zero-order valence-electron chi connectivity index (χ0n) is 14.0. The molecule has 0 fully saturated rings. The number of allylic oxidation sites excluding steroid dienone is 1. The van der Waals surface area contributed by atoms with Crippen molar-refractivity contribution in [1.29, 1.82) is 5.26 Å². The van der Waals surface area contributed by atoms with Gasteiger partial charge in [-0.1, -0.05) is 12.2 Å². The Labute approximate surface area is 134 Å². The number of amides is 1. The lowest BCUT2D eigenvalue weighted by molar-refractivity contribution is 0.0822. The second-order valence-electron chi connectivity index (χ2n) is 4.95. The number of carbonyl (C=O) groups is 1. The highest BCUT2D eigenvalue weighted by atomic mass is 16.3. The summed E-state index contributed by atoms with van der Waals surface area (Å²) in [6.45, 7) is 7.10. The molecule has 0 aliphatic carbocycles. The third-order valence-corrected chi connectivity index (χ3v) is 3.57. The molecule has 1 rings (SSSR count). The van der Waals surface area contributed by atoms with E-state index in [-0.39, 0.29) is 16.4 Å². The summed E-state index contributed by atoms with van der Waals surface area (Å²) in [4.78, 5) is 26.5. The van der Waals surface area contributed by atoms with Gasteiger partial charge in [0, 0.05) is 25.4 Å². The van der Waals surface area contributed by atoms with E-state index in [1.807, 2.05) is 6.07 Å².